The molecule has 0 atom stereocenters. The van der Waals surface area contributed by atoms with E-state index in [9.17, 15) is 9.18 Å². The van der Waals surface area contributed by atoms with Crippen LogP contribution in [0, 0.1) is 24.6 Å². The zero-order valence-electron chi connectivity index (χ0n) is 19.5. The highest BCUT2D eigenvalue weighted by molar-refractivity contribution is 5.76. The van der Waals surface area contributed by atoms with Crippen molar-refractivity contribution in [2.75, 3.05) is 31.1 Å². The minimum absolute atomic E-state index is 0.205. The van der Waals surface area contributed by atoms with E-state index in [0.717, 1.165) is 42.4 Å². The summed E-state index contributed by atoms with van der Waals surface area (Å²) in [5, 5.41) is 0. The van der Waals surface area contributed by atoms with Crippen LogP contribution in [-0.4, -0.2) is 47.0 Å². The Morgan fingerprint density at radius 1 is 1.03 bits per heavy atom. The van der Waals surface area contributed by atoms with E-state index < -0.39 is 0 Å². The van der Waals surface area contributed by atoms with Gasteiger partial charge < -0.3 is 9.80 Å². The number of carbonyl (C=O) groups is 1. The lowest BCUT2D eigenvalue weighted by molar-refractivity contribution is -0.132. The van der Waals surface area contributed by atoms with Gasteiger partial charge in [0.1, 0.15) is 17.5 Å². The van der Waals surface area contributed by atoms with Gasteiger partial charge in [-0.1, -0.05) is 45.9 Å². The van der Waals surface area contributed by atoms with E-state index in [0.29, 0.717) is 43.3 Å². The molecule has 1 aromatic heterocycles. The molecule has 0 unspecified atom stereocenters. The molecule has 5 nitrogen and oxygen atoms in total. The summed E-state index contributed by atoms with van der Waals surface area (Å²) in [6, 6.07) is 6.89. The number of carbonyl (C=O) groups excluding carboxylic acids is 1. The van der Waals surface area contributed by atoms with Crippen LogP contribution in [0.1, 0.15) is 56.8 Å². The molecule has 6 heteroatoms. The summed E-state index contributed by atoms with van der Waals surface area (Å²) in [6.07, 6.45) is 1.85. The number of nitrogens with zero attached hydrogens (tertiary/aromatic N) is 4. The second kappa shape index (κ2) is 10.2. The molecule has 1 amide bonds. The minimum Gasteiger partial charge on any atom is -0.353 e. The molecule has 31 heavy (non-hydrogen) atoms. The number of amides is 1. The van der Waals surface area contributed by atoms with Crippen molar-refractivity contribution < 1.29 is 9.18 Å². The van der Waals surface area contributed by atoms with Gasteiger partial charge >= 0.3 is 0 Å². The monoisotopic (exact) mass is 426 g/mol. The normalized spacial score (nSPS) is 14.6. The number of aromatic nitrogens is 2. The minimum atomic E-state index is -0.205. The number of hydrogen-bond acceptors (Lipinski definition) is 4. The van der Waals surface area contributed by atoms with E-state index in [1.165, 1.54) is 6.07 Å². The van der Waals surface area contributed by atoms with E-state index in [2.05, 4.69) is 32.6 Å². The summed E-state index contributed by atoms with van der Waals surface area (Å²) >= 11 is 0. The van der Waals surface area contributed by atoms with Gasteiger partial charge in [-0.3, -0.25) is 4.79 Å². The summed E-state index contributed by atoms with van der Waals surface area (Å²) in [4.78, 5) is 26.3. The smallest absolute Gasteiger partial charge is 0.222 e. The number of benzene rings is 1. The van der Waals surface area contributed by atoms with Crippen LogP contribution in [0.2, 0.25) is 0 Å². The molecular weight excluding hydrogens is 391 g/mol. The lowest BCUT2D eigenvalue weighted by Gasteiger charge is -2.37. The van der Waals surface area contributed by atoms with Crippen LogP contribution in [-0.2, 0) is 17.6 Å². The quantitative estimate of drug-likeness (QED) is 0.658. The predicted molar refractivity (Wildman–Crippen MR) is 123 cm³/mol. The van der Waals surface area contributed by atoms with Gasteiger partial charge in [-0.2, -0.15) is 0 Å². The molecule has 1 saturated heterocycles. The van der Waals surface area contributed by atoms with E-state index in [4.69, 9.17) is 9.97 Å². The van der Waals surface area contributed by atoms with Crippen LogP contribution in [0.5, 0.6) is 0 Å². The van der Waals surface area contributed by atoms with E-state index in [1.54, 1.807) is 6.07 Å². The number of anilines is 1. The maximum absolute atomic E-state index is 14.4. The third kappa shape index (κ3) is 6.02. The maximum atomic E-state index is 14.4. The SMILES string of the molecule is Cc1nc(CC(C)C)nc(N2CCN(C(=O)CC(C)C)CC2)c1Cc1ccccc1F. The van der Waals surface area contributed by atoms with Crippen molar-refractivity contribution in [2.24, 2.45) is 11.8 Å². The number of piperazine rings is 1. The fraction of sp³-hybridized carbons (Fsp3) is 0.560. The fourth-order valence-electron chi connectivity index (χ4n) is 4.04. The molecule has 2 aromatic rings. The molecular formula is C25H35FN4O. The summed E-state index contributed by atoms with van der Waals surface area (Å²) in [6.45, 7) is 13.3. The zero-order valence-corrected chi connectivity index (χ0v) is 19.5. The average molecular weight is 427 g/mol. The second-order valence-corrected chi connectivity index (χ2v) is 9.36. The Balaban J connectivity index is 1.87. The Kier molecular flexibility index (Phi) is 7.63. The Morgan fingerprint density at radius 2 is 1.71 bits per heavy atom. The third-order valence-corrected chi connectivity index (χ3v) is 5.67. The largest absolute Gasteiger partial charge is 0.353 e. The standard InChI is InChI=1S/C25H35FN4O/c1-17(2)14-23-27-19(5)21(16-20-8-6-7-9-22(20)26)25(28-23)30-12-10-29(11-13-30)24(31)15-18(3)4/h6-9,17-18H,10-16H2,1-5H3. The van der Waals surface area contributed by atoms with Crippen LogP contribution in [0.3, 0.4) is 0 Å². The highest BCUT2D eigenvalue weighted by atomic mass is 19.1. The van der Waals surface area contributed by atoms with Gasteiger partial charge in [0.25, 0.3) is 0 Å². The van der Waals surface area contributed by atoms with Gasteiger partial charge in [0, 0.05) is 56.7 Å². The maximum Gasteiger partial charge on any atom is 0.222 e. The molecule has 1 aromatic carbocycles. The van der Waals surface area contributed by atoms with Crippen molar-refractivity contribution in [1.29, 1.82) is 0 Å². The van der Waals surface area contributed by atoms with Crippen molar-refractivity contribution >= 4 is 11.7 Å². The van der Waals surface area contributed by atoms with Crippen LogP contribution in [0.4, 0.5) is 10.2 Å². The summed E-state index contributed by atoms with van der Waals surface area (Å²) in [5.74, 6) is 2.56. The molecule has 168 valence electrons. The van der Waals surface area contributed by atoms with Crippen LogP contribution >= 0.6 is 0 Å². The molecule has 1 aliphatic rings. The van der Waals surface area contributed by atoms with Crippen molar-refractivity contribution in [3.05, 3.63) is 52.7 Å². The first-order valence-electron chi connectivity index (χ1n) is 11.4. The van der Waals surface area contributed by atoms with Crippen molar-refractivity contribution in [1.82, 2.24) is 14.9 Å². The molecule has 1 aliphatic heterocycles. The summed E-state index contributed by atoms with van der Waals surface area (Å²) in [7, 11) is 0. The Bertz CT molecular complexity index is 904. The molecule has 0 bridgehead atoms. The van der Waals surface area contributed by atoms with Crippen LogP contribution < -0.4 is 4.90 Å². The molecule has 3 rings (SSSR count). The van der Waals surface area contributed by atoms with Crippen LogP contribution in [0.25, 0.3) is 0 Å². The number of aryl methyl sites for hydroxylation is 1. The third-order valence-electron chi connectivity index (χ3n) is 5.67. The Labute approximate surface area is 185 Å². The molecule has 0 saturated carbocycles. The Morgan fingerprint density at radius 3 is 2.32 bits per heavy atom. The van der Waals surface area contributed by atoms with E-state index in [1.807, 2.05) is 24.0 Å². The van der Waals surface area contributed by atoms with Crippen molar-refractivity contribution in [3.63, 3.8) is 0 Å². The molecule has 0 N–H and O–H groups in total. The lowest BCUT2D eigenvalue weighted by Crippen LogP contribution is -2.49. The van der Waals surface area contributed by atoms with Crippen molar-refractivity contribution in [3.8, 4) is 0 Å². The number of halogens is 1. The van der Waals surface area contributed by atoms with Gasteiger partial charge in [-0.05, 0) is 30.4 Å². The van der Waals surface area contributed by atoms with Crippen molar-refractivity contribution in [2.45, 2.75) is 53.9 Å². The molecule has 0 radical (unpaired) electrons. The first kappa shape index (κ1) is 23.2. The van der Waals surface area contributed by atoms with E-state index in [-0.39, 0.29) is 11.7 Å². The van der Waals surface area contributed by atoms with Gasteiger partial charge in [0.15, 0.2) is 0 Å². The highest BCUT2D eigenvalue weighted by Gasteiger charge is 2.25. The topological polar surface area (TPSA) is 49.3 Å². The predicted octanol–water partition coefficient (Wildman–Crippen LogP) is 4.41. The molecule has 0 spiro atoms. The Hall–Kier alpha value is -2.50. The molecule has 1 fully saturated rings. The summed E-state index contributed by atoms with van der Waals surface area (Å²) < 4.78 is 14.4. The first-order valence-corrected chi connectivity index (χ1v) is 11.4. The van der Waals surface area contributed by atoms with Crippen LogP contribution in [0.15, 0.2) is 24.3 Å². The molecule has 0 aliphatic carbocycles. The molecule has 2 heterocycles. The van der Waals surface area contributed by atoms with Gasteiger partial charge in [0.05, 0.1) is 0 Å². The average Bonchev–Trinajstić information content (AvgIpc) is 2.70. The van der Waals surface area contributed by atoms with Gasteiger partial charge in [-0.15, -0.1) is 0 Å². The summed E-state index contributed by atoms with van der Waals surface area (Å²) in [5.41, 5.74) is 2.53. The highest BCUT2D eigenvalue weighted by Crippen LogP contribution is 2.27. The first-order chi connectivity index (χ1) is 14.7. The number of hydrogen-bond donors (Lipinski definition) is 0. The van der Waals surface area contributed by atoms with E-state index >= 15 is 0 Å². The zero-order chi connectivity index (χ0) is 22.5. The van der Waals surface area contributed by atoms with Gasteiger partial charge in [-0.25, -0.2) is 14.4 Å². The number of rotatable bonds is 7. The second-order valence-electron chi connectivity index (χ2n) is 9.36. The fourth-order valence-corrected chi connectivity index (χ4v) is 4.04. The van der Waals surface area contributed by atoms with Gasteiger partial charge in [0.2, 0.25) is 5.91 Å². The lowest BCUT2D eigenvalue weighted by atomic mass is 10.0.